The van der Waals surface area contributed by atoms with E-state index in [1.807, 2.05) is 0 Å². The van der Waals surface area contributed by atoms with Gasteiger partial charge < -0.3 is 10.2 Å². The third kappa shape index (κ3) is 2.24. The van der Waals surface area contributed by atoms with Gasteiger partial charge in [0.15, 0.2) is 0 Å². The van der Waals surface area contributed by atoms with E-state index in [1.54, 1.807) is 49.1 Å². The molecule has 2 N–H and O–H groups in total. The van der Waals surface area contributed by atoms with E-state index in [0.29, 0.717) is 11.1 Å². The number of pyridine rings is 2. The maximum Gasteiger partial charge on any atom is 0.109 e. The highest BCUT2D eigenvalue weighted by Crippen LogP contribution is 2.27. The van der Waals surface area contributed by atoms with Crippen LogP contribution in [0.1, 0.15) is 23.3 Å². The molecule has 2 heterocycles. The molecule has 2 rings (SSSR count). The summed E-state index contributed by atoms with van der Waals surface area (Å²) in [5.41, 5.74) is 1.28. The quantitative estimate of drug-likeness (QED) is 0.810. The Balaban J connectivity index is 2.20. The topological polar surface area (TPSA) is 66.2 Å². The van der Waals surface area contributed by atoms with Gasteiger partial charge in [0.25, 0.3) is 0 Å². The lowest BCUT2D eigenvalue weighted by molar-refractivity contribution is 0.0171. The molecule has 0 amide bonds. The zero-order valence-corrected chi connectivity index (χ0v) is 8.56. The maximum absolute atomic E-state index is 9.94. The van der Waals surface area contributed by atoms with Crippen LogP contribution >= 0.6 is 0 Å². The largest absolute Gasteiger partial charge is 0.385 e. The first-order valence-electron chi connectivity index (χ1n) is 4.95. The zero-order valence-electron chi connectivity index (χ0n) is 8.56. The first kappa shape index (κ1) is 10.7. The lowest BCUT2D eigenvalue weighted by Crippen LogP contribution is -2.10. The zero-order chi connectivity index (χ0) is 11.4. The van der Waals surface area contributed by atoms with Gasteiger partial charge >= 0.3 is 0 Å². The molecule has 2 atom stereocenters. The highest BCUT2D eigenvalue weighted by Gasteiger charge is 2.19. The van der Waals surface area contributed by atoms with E-state index < -0.39 is 12.2 Å². The molecule has 0 spiro atoms. The van der Waals surface area contributed by atoms with Crippen molar-refractivity contribution in [1.82, 2.24) is 9.97 Å². The van der Waals surface area contributed by atoms with Gasteiger partial charge in [-0.1, -0.05) is 0 Å². The first-order valence-corrected chi connectivity index (χ1v) is 4.95. The summed E-state index contributed by atoms with van der Waals surface area (Å²) in [5, 5.41) is 19.9. The lowest BCUT2D eigenvalue weighted by atomic mass is 10.0. The monoisotopic (exact) mass is 216 g/mol. The molecule has 4 heteroatoms. The number of aliphatic hydroxyl groups excluding tert-OH is 2. The normalized spacial score (nSPS) is 14.4. The Bertz CT molecular complexity index is 390. The second-order valence-corrected chi connectivity index (χ2v) is 3.45. The second kappa shape index (κ2) is 4.83. The van der Waals surface area contributed by atoms with Crippen LogP contribution in [-0.2, 0) is 0 Å². The molecule has 0 aliphatic carbocycles. The van der Waals surface area contributed by atoms with Gasteiger partial charge in [0, 0.05) is 24.8 Å². The van der Waals surface area contributed by atoms with Crippen molar-refractivity contribution < 1.29 is 10.2 Å². The van der Waals surface area contributed by atoms with Crippen LogP contribution in [0.3, 0.4) is 0 Å². The van der Waals surface area contributed by atoms with Crippen molar-refractivity contribution in [2.75, 3.05) is 0 Å². The smallest absolute Gasteiger partial charge is 0.109 e. The average Bonchev–Trinajstić information content (AvgIpc) is 2.39. The minimum Gasteiger partial charge on any atom is -0.385 e. The molecule has 0 aliphatic rings. The molecule has 0 fully saturated rings. The highest BCUT2D eigenvalue weighted by molar-refractivity contribution is 5.21. The van der Waals surface area contributed by atoms with Crippen LogP contribution in [0, 0.1) is 0 Å². The first-order chi connectivity index (χ1) is 7.79. The van der Waals surface area contributed by atoms with E-state index in [4.69, 9.17) is 0 Å². The van der Waals surface area contributed by atoms with Crippen LogP contribution in [0.15, 0.2) is 49.1 Å². The third-order valence-corrected chi connectivity index (χ3v) is 2.39. The summed E-state index contributed by atoms with van der Waals surface area (Å²) >= 11 is 0. The van der Waals surface area contributed by atoms with Gasteiger partial charge in [-0.3, -0.25) is 9.97 Å². The number of hydrogen-bond acceptors (Lipinski definition) is 4. The van der Waals surface area contributed by atoms with Gasteiger partial charge in [-0.05, 0) is 35.4 Å². The van der Waals surface area contributed by atoms with Gasteiger partial charge in [-0.25, -0.2) is 0 Å². The van der Waals surface area contributed by atoms with Crippen LogP contribution in [0.4, 0.5) is 0 Å². The van der Waals surface area contributed by atoms with Crippen LogP contribution in [-0.4, -0.2) is 20.2 Å². The molecular weight excluding hydrogens is 204 g/mol. The fourth-order valence-electron chi connectivity index (χ4n) is 1.49. The Kier molecular flexibility index (Phi) is 3.24. The molecule has 0 bridgehead atoms. The van der Waals surface area contributed by atoms with E-state index in [1.165, 1.54) is 0 Å². The maximum atomic E-state index is 9.94. The number of aromatic nitrogens is 2. The van der Waals surface area contributed by atoms with Crippen molar-refractivity contribution >= 4 is 0 Å². The predicted molar refractivity (Wildman–Crippen MR) is 58.4 cm³/mol. The summed E-state index contributed by atoms with van der Waals surface area (Å²) in [4.78, 5) is 7.71. The summed E-state index contributed by atoms with van der Waals surface area (Å²) in [6.07, 6.45) is 4.42. The molecule has 0 saturated carbocycles. The molecule has 0 aliphatic heterocycles. The van der Waals surface area contributed by atoms with Crippen LogP contribution < -0.4 is 0 Å². The second-order valence-electron chi connectivity index (χ2n) is 3.45. The summed E-state index contributed by atoms with van der Waals surface area (Å²) < 4.78 is 0. The van der Waals surface area contributed by atoms with E-state index in [9.17, 15) is 10.2 Å². The molecule has 82 valence electrons. The van der Waals surface area contributed by atoms with Gasteiger partial charge in [0.2, 0.25) is 0 Å². The minimum absolute atomic E-state index is 0.638. The fraction of sp³-hybridized carbons (Fsp3) is 0.167. The van der Waals surface area contributed by atoms with E-state index in [0.717, 1.165) is 0 Å². The number of aliphatic hydroxyl groups is 2. The summed E-state index contributed by atoms with van der Waals surface area (Å²) in [6.45, 7) is 0. The molecule has 16 heavy (non-hydrogen) atoms. The van der Waals surface area contributed by atoms with Crippen molar-refractivity contribution in [1.29, 1.82) is 0 Å². The molecule has 0 unspecified atom stereocenters. The number of rotatable bonds is 3. The van der Waals surface area contributed by atoms with E-state index in [2.05, 4.69) is 9.97 Å². The van der Waals surface area contributed by atoms with Crippen molar-refractivity contribution in [3.8, 4) is 0 Å². The Morgan fingerprint density at radius 1 is 0.688 bits per heavy atom. The molecular formula is C12H12N2O2. The van der Waals surface area contributed by atoms with Crippen LogP contribution in [0.5, 0.6) is 0 Å². The van der Waals surface area contributed by atoms with Gasteiger partial charge in [-0.2, -0.15) is 0 Å². The average molecular weight is 216 g/mol. The SMILES string of the molecule is O[C@H](c1ccncc1)[C@H](O)c1ccncc1. The molecule has 0 radical (unpaired) electrons. The third-order valence-electron chi connectivity index (χ3n) is 2.39. The Morgan fingerprint density at radius 3 is 1.31 bits per heavy atom. The van der Waals surface area contributed by atoms with Gasteiger partial charge in [0.05, 0.1) is 0 Å². The van der Waals surface area contributed by atoms with Gasteiger partial charge in [-0.15, -0.1) is 0 Å². The van der Waals surface area contributed by atoms with Crippen molar-refractivity contribution in [3.05, 3.63) is 60.2 Å². The molecule has 2 aromatic heterocycles. The summed E-state index contributed by atoms with van der Waals surface area (Å²) in [7, 11) is 0. The number of nitrogens with zero attached hydrogens (tertiary/aromatic N) is 2. The lowest BCUT2D eigenvalue weighted by Gasteiger charge is -2.17. The molecule has 4 nitrogen and oxygen atoms in total. The van der Waals surface area contributed by atoms with Crippen LogP contribution in [0.2, 0.25) is 0 Å². The molecule has 2 aromatic rings. The Hall–Kier alpha value is -1.78. The Labute approximate surface area is 93.2 Å². The number of hydrogen-bond donors (Lipinski definition) is 2. The molecule has 0 saturated heterocycles. The fourth-order valence-corrected chi connectivity index (χ4v) is 1.49. The minimum atomic E-state index is -0.953. The van der Waals surface area contributed by atoms with E-state index >= 15 is 0 Å². The van der Waals surface area contributed by atoms with Crippen molar-refractivity contribution in [3.63, 3.8) is 0 Å². The van der Waals surface area contributed by atoms with Crippen molar-refractivity contribution in [2.24, 2.45) is 0 Å². The standard InChI is InChI=1S/C12H12N2O2/c15-11(9-1-5-13-6-2-9)12(16)10-3-7-14-8-4-10/h1-8,11-12,15-16H/t11-,12-/m1/s1. The highest BCUT2D eigenvalue weighted by atomic mass is 16.3. The molecule has 0 aromatic carbocycles. The summed E-state index contributed by atoms with van der Waals surface area (Å²) in [6, 6.07) is 6.70. The Morgan fingerprint density at radius 2 is 1.00 bits per heavy atom. The predicted octanol–water partition coefficient (Wildman–Crippen LogP) is 1.24. The van der Waals surface area contributed by atoms with E-state index in [-0.39, 0.29) is 0 Å². The van der Waals surface area contributed by atoms with Crippen LogP contribution in [0.25, 0.3) is 0 Å². The summed E-state index contributed by atoms with van der Waals surface area (Å²) in [5.74, 6) is 0. The van der Waals surface area contributed by atoms with Gasteiger partial charge in [0.1, 0.15) is 12.2 Å². The van der Waals surface area contributed by atoms with Crippen molar-refractivity contribution in [2.45, 2.75) is 12.2 Å².